The van der Waals surface area contributed by atoms with Gasteiger partial charge in [0.2, 0.25) is 5.91 Å². The Bertz CT molecular complexity index is 1390. The van der Waals surface area contributed by atoms with E-state index in [0.29, 0.717) is 29.4 Å². The minimum Gasteiger partial charge on any atom is -0.497 e. The highest BCUT2D eigenvalue weighted by molar-refractivity contribution is 6.12. The molecule has 0 fully saturated rings. The zero-order chi connectivity index (χ0) is 25.3. The molecule has 5 rings (SSSR count). The summed E-state index contributed by atoms with van der Waals surface area (Å²) in [5, 5.41) is 7.63. The Balaban J connectivity index is 1.51. The highest BCUT2D eigenvalue weighted by Gasteiger charge is 2.49. The van der Waals surface area contributed by atoms with Gasteiger partial charge in [0, 0.05) is 18.3 Å². The van der Waals surface area contributed by atoms with E-state index in [-0.39, 0.29) is 18.4 Å². The number of benzene rings is 2. The molecule has 1 aliphatic rings. The maximum atomic E-state index is 13.9. The van der Waals surface area contributed by atoms with Crippen LogP contribution in [0.25, 0.3) is 11.5 Å². The number of nitrogens with one attached hydrogen (secondary N) is 1. The first-order valence-electron chi connectivity index (χ1n) is 11.9. The molecule has 0 spiro atoms. The van der Waals surface area contributed by atoms with Crippen LogP contribution in [0.2, 0.25) is 0 Å². The Labute approximate surface area is 209 Å². The van der Waals surface area contributed by atoms with Crippen LogP contribution in [0.5, 0.6) is 5.75 Å². The van der Waals surface area contributed by atoms with Crippen LogP contribution >= 0.6 is 0 Å². The summed E-state index contributed by atoms with van der Waals surface area (Å²) in [5.41, 5.74) is 2.42. The number of carbonyl (C=O) groups excluding carboxylic acids is 2. The molecule has 0 aliphatic carbocycles. The molecule has 0 saturated heterocycles. The molecule has 3 heterocycles. The Morgan fingerprint density at radius 2 is 1.92 bits per heavy atom. The number of hydrogen-bond acceptors (Lipinski definition) is 5. The molecular weight excluding hydrogens is 456 g/mol. The van der Waals surface area contributed by atoms with E-state index < -0.39 is 5.54 Å². The summed E-state index contributed by atoms with van der Waals surface area (Å²) in [7, 11) is 1.61. The van der Waals surface area contributed by atoms with Crippen LogP contribution in [0.4, 0.5) is 5.69 Å². The standard InChI is InChI=1S/C28H28N4O4/c1-4-19-7-5-8-21(15-19)32-26(33)24-16-23(25-9-6-14-36-25)30-31(24)18-28(32,2)27(34)29-17-20-10-12-22(35-3)13-11-20/h5-16H,4,17-18H2,1-3H3,(H,29,34)/t28-/m0/s1. The summed E-state index contributed by atoms with van der Waals surface area (Å²) < 4.78 is 12.3. The van der Waals surface area contributed by atoms with Gasteiger partial charge in [0.25, 0.3) is 5.91 Å². The van der Waals surface area contributed by atoms with E-state index in [2.05, 4.69) is 17.3 Å². The zero-order valence-electron chi connectivity index (χ0n) is 20.5. The number of ether oxygens (including phenoxy) is 1. The molecule has 1 atom stereocenters. The monoisotopic (exact) mass is 484 g/mol. The smallest absolute Gasteiger partial charge is 0.277 e. The number of amides is 2. The Hall–Kier alpha value is -4.33. The van der Waals surface area contributed by atoms with E-state index in [4.69, 9.17) is 9.15 Å². The molecular formula is C28H28N4O4. The molecule has 1 aliphatic heterocycles. The summed E-state index contributed by atoms with van der Waals surface area (Å²) in [4.78, 5) is 29.3. The number of rotatable bonds is 7. The fourth-order valence-electron chi connectivity index (χ4n) is 4.56. The van der Waals surface area contributed by atoms with Gasteiger partial charge in [-0.15, -0.1) is 0 Å². The topological polar surface area (TPSA) is 89.6 Å². The van der Waals surface area contributed by atoms with Gasteiger partial charge in [0.05, 0.1) is 19.9 Å². The van der Waals surface area contributed by atoms with E-state index >= 15 is 0 Å². The van der Waals surface area contributed by atoms with Gasteiger partial charge in [0.1, 0.15) is 22.7 Å². The van der Waals surface area contributed by atoms with Crippen molar-refractivity contribution in [2.75, 3.05) is 12.0 Å². The van der Waals surface area contributed by atoms with Crippen molar-refractivity contribution in [2.24, 2.45) is 0 Å². The van der Waals surface area contributed by atoms with Crippen molar-refractivity contribution in [3.63, 3.8) is 0 Å². The fourth-order valence-corrected chi connectivity index (χ4v) is 4.56. The van der Waals surface area contributed by atoms with Crippen molar-refractivity contribution in [1.29, 1.82) is 0 Å². The summed E-state index contributed by atoms with van der Waals surface area (Å²) in [5.74, 6) is 0.751. The van der Waals surface area contributed by atoms with Gasteiger partial charge >= 0.3 is 0 Å². The Kier molecular flexibility index (Phi) is 6.10. The molecule has 0 saturated carbocycles. The molecule has 2 aromatic heterocycles. The predicted molar refractivity (Wildman–Crippen MR) is 136 cm³/mol. The molecule has 36 heavy (non-hydrogen) atoms. The number of aryl methyl sites for hydroxylation is 1. The number of anilines is 1. The fraction of sp³-hybridized carbons (Fsp3) is 0.250. The molecule has 8 nitrogen and oxygen atoms in total. The second kappa shape index (κ2) is 9.37. The Morgan fingerprint density at radius 1 is 1.11 bits per heavy atom. The maximum Gasteiger partial charge on any atom is 0.277 e. The second-order valence-corrected chi connectivity index (χ2v) is 9.02. The lowest BCUT2D eigenvalue weighted by atomic mass is 9.93. The Morgan fingerprint density at radius 3 is 2.61 bits per heavy atom. The van der Waals surface area contributed by atoms with Crippen molar-refractivity contribution < 1.29 is 18.7 Å². The molecule has 2 aromatic carbocycles. The van der Waals surface area contributed by atoms with E-state index in [0.717, 1.165) is 23.3 Å². The predicted octanol–water partition coefficient (Wildman–Crippen LogP) is 4.45. The van der Waals surface area contributed by atoms with Crippen LogP contribution in [0.3, 0.4) is 0 Å². The van der Waals surface area contributed by atoms with E-state index in [1.165, 1.54) is 0 Å². The highest BCUT2D eigenvalue weighted by Crippen LogP contribution is 2.34. The normalized spacial score (nSPS) is 17.1. The van der Waals surface area contributed by atoms with Gasteiger partial charge in [-0.3, -0.25) is 19.2 Å². The van der Waals surface area contributed by atoms with Crippen molar-refractivity contribution in [3.05, 3.63) is 89.8 Å². The van der Waals surface area contributed by atoms with Crippen LogP contribution in [0, 0.1) is 0 Å². The number of furan rings is 1. The van der Waals surface area contributed by atoms with Gasteiger partial charge in [-0.05, 0) is 60.9 Å². The summed E-state index contributed by atoms with van der Waals surface area (Å²) >= 11 is 0. The molecule has 0 radical (unpaired) electrons. The van der Waals surface area contributed by atoms with Crippen molar-refractivity contribution in [3.8, 4) is 17.2 Å². The number of fused-ring (bicyclic) bond motifs is 1. The summed E-state index contributed by atoms with van der Waals surface area (Å²) in [6, 6.07) is 20.5. The van der Waals surface area contributed by atoms with Gasteiger partial charge in [0.15, 0.2) is 5.76 Å². The average Bonchev–Trinajstić information content (AvgIpc) is 3.58. The van der Waals surface area contributed by atoms with Crippen LogP contribution in [0.1, 0.15) is 35.5 Å². The molecule has 184 valence electrons. The quantitative estimate of drug-likeness (QED) is 0.419. The molecule has 2 amide bonds. The number of carbonyl (C=O) groups is 2. The zero-order valence-corrected chi connectivity index (χ0v) is 20.5. The van der Waals surface area contributed by atoms with Crippen molar-refractivity contribution in [1.82, 2.24) is 15.1 Å². The molecule has 1 N–H and O–H groups in total. The number of aromatic nitrogens is 2. The van der Waals surface area contributed by atoms with Gasteiger partial charge in [-0.25, -0.2) is 0 Å². The lowest BCUT2D eigenvalue weighted by Crippen LogP contribution is -2.64. The third-order valence-corrected chi connectivity index (χ3v) is 6.61. The maximum absolute atomic E-state index is 13.9. The molecule has 0 bridgehead atoms. The van der Waals surface area contributed by atoms with Crippen LogP contribution < -0.4 is 15.0 Å². The first kappa shape index (κ1) is 23.4. The van der Waals surface area contributed by atoms with E-state index in [1.807, 2.05) is 48.5 Å². The van der Waals surface area contributed by atoms with Crippen LogP contribution in [-0.2, 0) is 24.3 Å². The highest BCUT2D eigenvalue weighted by atomic mass is 16.5. The summed E-state index contributed by atoms with van der Waals surface area (Å²) in [6.07, 6.45) is 2.38. The second-order valence-electron chi connectivity index (χ2n) is 9.02. The number of methoxy groups -OCH3 is 1. The van der Waals surface area contributed by atoms with E-state index in [9.17, 15) is 9.59 Å². The van der Waals surface area contributed by atoms with Gasteiger partial charge < -0.3 is 14.5 Å². The van der Waals surface area contributed by atoms with Crippen molar-refractivity contribution >= 4 is 17.5 Å². The largest absolute Gasteiger partial charge is 0.497 e. The molecule has 4 aromatic rings. The van der Waals surface area contributed by atoms with Gasteiger partial charge in [-0.2, -0.15) is 5.10 Å². The third-order valence-electron chi connectivity index (χ3n) is 6.61. The first-order chi connectivity index (χ1) is 17.4. The average molecular weight is 485 g/mol. The number of hydrogen-bond donors (Lipinski definition) is 1. The minimum atomic E-state index is -1.21. The van der Waals surface area contributed by atoms with Crippen LogP contribution in [-0.4, -0.2) is 34.2 Å². The SMILES string of the molecule is CCc1cccc(N2C(=O)c3cc(-c4ccco4)nn3C[C@@]2(C)C(=O)NCc2ccc(OC)cc2)c1. The van der Waals surface area contributed by atoms with Crippen molar-refractivity contribution in [2.45, 2.75) is 38.9 Å². The molecule has 0 unspecified atom stereocenters. The lowest BCUT2D eigenvalue weighted by Gasteiger charge is -2.43. The van der Waals surface area contributed by atoms with Gasteiger partial charge in [-0.1, -0.05) is 31.2 Å². The summed E-state index contributed by atoms with van der Waals surface area (Å²) in [6.45, 7) is 4.35. The molecule has 8 heteroatoms. The van der Waals surface area contributed by atoms with Crippen LogP contribution in [0.15, 0.2) is 77.4 Å². The number of nitrogens with zero attached hydrogens (tertiary/aromatic N) is 3. The van der Waals surface area contributed by atoms with E-state index in [1.54, 1.807) is 48.1 Å². The third kappa shape index (κ3) is 4.15. The minimum absolute atomic E-state index is 0.194. The lowest BCUT2D eigenvalue weighted by molar-refractivity contribution is -0.126. The first-order valence-corrected chi connectivity index (χ1v) is 11.9.